The molecule has 1 aromatic carbocycles. The number of halogens is 4. The fraction of sp³-hybridized carbons (Fsp3) is 0.158. The summed E-state index contributed by atoms with van der Waals surface area (Å²) in [5.41, 5.74) is 0.104. The minimum absolute atomic E-state index is 0.0864. The smallest absolute Gasteiger partial charge is 0.337 e. The maximum Gasteiger partial charge on any atom is 0.337 e. The van der Waals surface area contributed by atoms with Gasteiger partial charge in [-0.05, 0) is 54.0 Å². The van der Waals surface area contributed by atoms with Crippen LogP contribution in [0.15, 0.2) is 45.6 Å². The largest absolute Gasteiger partial charge is 0.478 e. The van der Waals surface area contributed by atoms with Gasteiger partial charge in [0.1, 0.15) is 10.3 Å². The molecule has 0 unspecified atom stereocenters. The van der Waals surface area contributed by atoms with E-state index in [1.54, 1.807) is 26.0 Å². The molecule has 0 saturated heterocycles. The molecule has 0 aliphatic carbocycles. The van der Waals surface area contributed by atoms with E-state index in [1.165, 1.54) is 34.0 Å². The molecule has 3 aromatic rings. The van der Waals surface area contributed by atoms with Crippen molar-refractivity contribution in [2.24, 2.45) is 0 Å². The van der Waals surface area contributed by atoms with E-state index in [0.717, 1.165) is 0 Å². The summed E-state index contributed by atoms with van der Waals surface area (Å²) in [4.78, 5) is 31.0. The van der Waals surface area contributed by atoms with E-state index in [1.807, 2.05) is 0 Å². The lowest BCUT2D eigenvalue weighted by Crippen LogP contribution is -2.39. The first-order valence-corrected chi connectivity index (χ1v) is 10.9. The van der Waals surface area contributed by atoms with Gasteiger partial charge in [0, 0.05) is 22.8 Å². The number of pyridine rings is 1. The average Bonchev–Trinajstić information content (AvgIpc) is 3.04. The summed E-state index contributed by atoms with van der Waals surface area (Å²) < 4.78 is 2.17. The Morgan fingerprint density at radius 2 is 1.87 bits per heavy atom. The Balaban J connectivity index is 2.22. The number of anilines is 1. The third-order valence-electron chi connectivity index (χ3n) is 4.07. The Kier molecular flexibility index (Phi) is 6.86. The predicted octanol–water partition coefficient (Wildman–Crippen LogP) is 5.85. The molecule has 0 fully saturated rings. The summed E-state index contributed by atoms with van der Waals surface area (Å²) in [5, 5.41) is 14.4. The molecule has 0 bridgehead atoms. The molecule has 2 aromatic heterocycles. The highest BCUT2D eigenvalue weighted by molar-refractivity contribution is 9.10. The maximum absolute atomic E-state index is 13.6. The average molecular weight is 577 g/mol. The quantitative estimate of drug-likeness (QED) is 0.411. The standard InChI is InChI=1S/C19H14Br2Cl2N4O3/c1-9(2)26(16-11(19(29)30)6-10(20)7-13(16)23)18(28)14-8-15(21)25-27(14)17-12(22)4-3-5-24-17/h3-9H,1-2H3,(H,29,30). The molecular weight excluding hydrogens is 563 g/mol. The fourth-order valence-electron chi connectivity index (χ4n) is 2.89. The SMILES string of the molecule is CC(C)N(C(=O)c1cc(Br)nn1-c1ncccc1Cl)c1c(Cl)cc(Br)cc1C(=O)O. The van der Waals surface area contributed by atoms with Crippen molar-refractivity contribution in [3.63, 3.8) is 0 Å². The van der Waals surface area contributed by atoms with Crippen LogP contribution in [0.3, 0.4) is 0 Å². The number of carboxylic acid groups (broad SMARTS) is 1. The second kappa shape index (κ2) is 9.05. The zero-order valence-corrected chi connectivity index (χ0v) is 20.3. The molecule has 0 atom stereocenters. The first kappa shape index (κ1) is 22.7. The highest BCUT2D eigenvalue weighted by Crippen LogP contribution is 2.36. The second-order valence-corrected chi connectivity index (χ2v) is 8.97. The number of carbonyl (C=O) groups is 2. The Labute approximate surface area is 198 Å². The molecule has 0 spiro atoms. The van der Waals surface area contributed by atoms with Crippen molar-refractivity contribution in [2.45, 2.75) is 19.9 Å². The Hall–Kier alpha value is -1.94. The minimum Gasteiger partial charge on any atom is -0.478 e. The maximum atomic E-state index is 13.6. The van der Waals surface area contributed by atoms with E-state index >= 15 is 0 Å². The number of hydrogen-bond donors (Lipinski definition) is 1. The van der Waals surface area contributed by atoms with Crippen LogP contribution in [-0.2, 0) is 0 Å². The van der Waals surface area contributed by atoms with Gasteiger partial charge in [0.25, 0.3) is 5.91 Å². The van der Waals surface area contributed by atoms with E-state index in [4.69, 9.17) is 23.2 Å². The zero-order valence-electron chi connectivity index (χ0n) is 15.6. The van der Waals surface area contributed by atoms with Crippen LogP contribution >= 0.6 is 55.1 Å². The van der Waals surface area contributed by atoms with Crippen LogP contribution in [-0.4, -0.2) is 37.8 Å². The lowest BCUT2D eigenvalue weighted by atomic mass is 10.1. The second-order valence-electron chi connectivity index (χ2n) is 6.43. The van der Waals surface area contributed by atoms with Crippen molar-refractivity contribution in [3.05, 3.63) is 66.9 Å². The van der Waals surface area contributed by atoms with Crippen molar-refractivity contribution in [2.75, 3.05) is 4.90 Å². The summed E-state index contributed by atoms with van der Waals surface area (Å²) in [6, 6.07) is 7.31. The zero-order chi connectivity index (χ0) is 22.2. The summed E-state index contributed by atoms with van der Waals surface area (Å²) in [6.45, 7) is 3.51. The number of amides is 1. The normalized spacial score (nSPS) is 11.0. The highest BCUT2D eigenvalue weighted by Gasteiger charge is 2.31. The van der Waals surface area contributed by atoms with Crippen molar-refractivity contribution < 1.29 is 14.7 Å². The lowest BCUT2D eigenvalue weighted by Gasteiger charge is -2.29. The predicted molar refractivity (Wildman–Crippen MR) is 122 cm³/mol. The number of aromatic nitrogens is 3. The Morgan fingerprint density at radius 3 is 2.47 bits per heavy atom. The van der Waals surface area contributed by atoms with Gasteiger partial charge in [0.15, 0.2) is 5.82 Å². The van der Waals surface area contributed by atoms with Crippen molar-refractivity contribution in [1.82, 2.24) is 14.8 Å². The first-order valence-electron chi connectivity index (χ1n) is 8.54. The number of aromatic carboxylic acids is 1. The molecule has 7 nitrogen and oxygen atoms in total. The van der Waals surface area contributed by atoms with Crippen LogP contribution in [0.4, 0.5) is 5.69 Å². The van der Waals surface area contributed by atoms with E-state index in [-0.39, 0.29) is 27.8 Å². The van der Waals surface area contributed by atoms with Crippen LogP contribution < -0.4 is 4.90 Å². The van der Waals surface area contributed by atoms with E-state index in [0.29, 0.717) is 14.1 Å². The van der Waals surface area contributed by atoms with Crippen molar-refractivity contribution in [3.8, 4) is 5.82 Å². The van der Waals surface area contributed by atoms with Crippen LogP contribution in [0.1, 0.15) is 34.7 Å². The number of carbonyl (C=O) groups excluding carboxylic acids is 1. The molecule has 156 valence electrons. The monoisotopic (exact) mass is 574 g/mol. The topological polar surface area (TPSA) is 88.3 Å². The number of nitrogens with zero attached hydrogens (tertiary/aromatic N) is 4. The Bertz CT molecular complexity index is 1150. The Morgan fingerprint density at radius 1 is 1.17 bits per heavy atom. The van der Waals surface area contributed by atoms with Crippen molar-refractivity contribution >= 4 is 72.6 Å². The van der Waals surface area contributed by atoms with Crippen LogP contribution in [0.5, 0.6) is 0 Å². The lowest BCUT2D eigenvalue weighted by molar-refractivity contribution is 0.0697. The van der Waals surface area contributed by atoms with Gasteiger partial charge in [-0.25, -0.2) is 14.5 Å². The van der Waals surface area contributed by atoms with Crippen LogP contribution in [0, 0.1) is 0 Å². The van der Waals surface area contributed by atoms with Gasteiger partial charge in [0.2, 0.25) is 0 Å². The third-order valence-corrected chi connectivity index (χ3v) is 5.50. The van der Waals surface area contributed by atoms with Gasteiger partial charge in [-0.2, -0.15) is 5.10 Å². The molecular formula is C19H14Br2Cl2N4O3. The molecule has 1 amide bonds. The molecule has 0 aliphatic heterocycles. The molecule has 1 N–H and O–H groups in total. The molecule has 2 heterocycles. The molecule has 11 heteroatoms. The number of rotatable bonds is 5. The van der Waals surface area contributed by atoms with Gasteiger partial charge in [-0.15, -0.1) is 0 Å². The fourth-order valence-corrected chi connectivity index (χ4v) is 4.37. The van der Waals surface area contributed by atoms with Crippen LogP contribution in [0.2, 0.25) is 10.0 Å². The van der Waals surface area contributed by atoms with E-state index < -0.39 is 17.9 Å². The van der Waals surface area contributed by atoms with Crippen LogP contribution in [0.25, 0.3) is 5.82 Å². The van der Waals surface area contributed by atoms with Gasteiger partial charge in [-0.3, -0.25) is 4.79 Å². The minimum atomic E-state index is -1.21. The van der Waals surface area contributed by atoms with E-state index in [9.17, 15) is 14.7 Å². The van der Waals surface area contributed by atoms with Gasteiger partial charge >= 0.3 is 5.97 Å². The first-order chi connectivity index (χ1) is 14.1. The molecule has 0 saturated carbocycles. The van der Waals surface area contributed by atoms with Gasteiger partial charge < -0.3 is 10.0 Å². The summed E-state index contributed by atoms with van der Waals surface area (Å²) in [6.07, 6.45) is 1.53. The summed E-state index contributed by atoms with van der Waals surface area (Å²) >= 11 is 19.1. The third kappa shape index (κ3) is 4.39. The van der Waals surface area contributed by atoms with Gasteiger partial charge in [-0.1, -0.05) is 39.1 Å². The molecule has 30 heavy (non-hydrogen) atoms. The molecule has 0 aliphatic rings. The number of hydrogen-bond acceptors (Lipinski definition) is 4. The molecule has 0 radical (unpaired) electrons. The number of carboxylic acids is 1. The van der Waals surface area contributed by atoms with E-state index in [2.05, 4.69) is 41.9 Å². The highest BCUT2D eigenvalue weighted by atomic mass is 79.9. The summed E-state index contributed by atoms with van der Waals surface area (Å²) in [5.74, 6) is -1.47. The van der Waals surface area contributed by atoms with Gasteiger partial charge in [0.05, 0.1) is 21.3 Å². The van der Waals surface area contributed by atoms with Crippen molar-refractivity contribution in [1.29, 1.82) is 0 Å². The summed E-state index contributed by atoms with van der Waals surface area (Å²) in [7, 11) is 0. The molecule has 3 rings (SSSR count). The number of benzene rings is 1.